The fraction of sp³-hybridized carbons (Fsp3) is 0.810. The molecule has 0 unspecified atom stereocenters. The minimum absolute atomic E-state index is 0. The number of guanidine groups is 1. The van der Waals surface area contributed by atoms with E-state index < -0.39 is 0 Å². The van der Waals surface area contributed by atoms with Gasteiger partial charge in [0.15, 0.2) is 5.96 Å². The van der Waals surface area contributed by atoms with E-state index in [9.17, 15) is 4.79 Å². The van der Waals surface area contributed by atoms with Crippen molar-refractivity contribution in [2.24, 2.45) is 10.9 Å². The topological polar surface area (TPSA) is 93.4 Å². The lowest BCUT2D eigenvalue weighted by atomic mass is 9.86. The zero-order valence-corrected chi connectivity index (χ0v) is 20.7. The number of aliphatic imine (C=N–C) groups is 1. The van der Waals surface area contributed by atoms with Crippen LogP contribution in [0.2, 0.25) is 0 Å². The molecule has 0 aromatic carbocycles. The first-order chi connectivity index (χ1) is 14.2. The summed E-state index contributed by atoms with van der Waals surface area (Å²) in [5.74, 6) is 3.12. The summed E-state index contributed by atoms with van der Waals surface area (Å²) in [5.41, 5.74) is 0. The van der Waals surface area contributed by atoms with Crippen molar-refractivity contribution in [2.45, 2.75) is 83.7 Å². The lowest BCUT2D eigenvalue weighted by molar-refractivity contribution is -0.149. The molecule has 2 heterocycles. The number of carbonyl (C=O) groups excluding carboxylic acids is 1. The summed E-state index contributed by atoms with van der Waals surface area (Å²) in [5, 5.41) is 15.7. The largest absolute Gasteiger partial charge is 0.466 e. The highest BCUT2D eigenvalue weighted by atomic mass is 127. The Hall–Kier alpha value is -1.39. The van der Waals surface area contributed by atoms with E-state index in [-0.39, 0.29) is 35.9 Å². The van der Waals surface area contributed by atoms with Crippen molar-refractivity contribution >= 4 is 35.9 Å². The van der Waals surface area contributed by atoms with E-state index in [2.05, 4.69) is 30.4 Å². The Morgan fingerprint density at radius 3 is 2.73 bits per heavy atom. The van der Waals surface area contributed by atoms with Crippen LogP contribution in [0, 0.1) is 5.92 Å². The second-order valence-corrected chi connectivity index (χ2v) is 8.04. The van der Waals surface area contributed by atoms with Crippen LogP contribution < -0.4 is 10.6 Å². The maximum Gasteiger partial charge on any atom is 0.308 e. The highest BCUT2D eigenvalue weighted by Gasteiger charge is 2.27. The first-order valence-electron chi connectivity index (χ1n) is 11.3. The minimum Gasteiger partial charge on any atom is -0.466 e. The fourth-order valence-electron chi connectivity index (χ4n) is 4.31. The van der Waals surface area contributed by atoms with Crippen LogP contribution >= 0.6 is 24.0 Å². The zero-order chi connectivity index (χ0) is 20.5. The second kappa shape index (κ2) is 13.1. The maximum atomic E-state index is 11.9. The second-order valence-electron chi connectivity index (χ2n) is 8.04. The van der Waals surface area contributed by atoms with Gasteiger partial charge in [0.1, 0.15) is 11.6 Å². The van der Waals surface area contributed by atoms with E-state index in [1.54, 1.807) is 7.05 Å². The monoisotopic (exact) mass is 532 g/mol. The van der Waals surface area contributed by atoms with Crippen LogP contribution in [-0.2, 0) is 28.9 Å². The minimum atomic E-state index is -0.0418. The molecule has 3 rings (SSSR count). The Morgan fingerprint density at radius 2 is 2.00 bits per heavy atom. The summed E-state index contributed by atoms with van der Waals surface area (Å²) in [7, 11) is 1.80. The first kappa shape index (κ1) is 24.9. The Morgan fingerprint density at radius 1 is 1.20 bits per heavy atom. The van der Waals surface area contributed by atoms with Gasteiger partial charge < -0.3 is 19.9 Å². The fourth-order valence-corrected chi connectivity index (χ4v) is 4.31. The molecule has 0 spiro atoms. The van der Waals surface area contributed by atoms with Crippen LogP contribution in [0.4, 0.5) is 0 Å². The van der Waals surface area contributed by atoms with Gasteiger partial charge in [0.2, 0.25) is 0 Å². The highest BCUT2D eigenvalue weighted by molar-refractivity contribution is 14.0. The van der Waals surface area contributed by atoms with Crippen molar-refractivity contribution in [3.05, 3.63) is 11.6 Å². The molecule has 2 N–H and O–H groups in total. The third-order valence-electron chi connectivity index (χ3n) is 5.97. The summed E-state index contributed by atoms with van der Waals surface area (Å²) >= 11 is 0. The lowest BCUT2D eigenvalue weighted by Crippen LogP contribution is -2.45. The van der Waals surface area contributed by atoms with Gasteiger partial charge in [0, 0.05) is 39.0 Å². The average Bonchev–Trinajstić information content (AvgIpc) is 2.96. The van der Waals surface area contributed by atoms with Crippen LogP contribution in [0.1, 0.15) is 69.9 Å². The number of ether oxygens (including phenoxy) is 1. The Bertz CT molecular complexity index is 685. The number of aromatic nitrogens is 3. The molecule has 1 aromatic rings. The molecule has 2 aliphatic rings. The Kier molecular flexibility index (Phi) is 10.9. The van der Waals surface area contributed by atoms with Gasteiger partial charge in [0.25, 0.3) is 0 Å². The first-order valence-corrected chi connectivity index (χ1v) is 11.3. The van der Waals surface area contributed by atoms with Gasteiger partial charge in [-0.05, 0) is 51.9 Å². The van der Waals surface area contributed by atoms with Crippen LogP contribution in [-0.4, -0.2) is 52.9 Å². The van der Waals surface area contributed by atoms with Crippen LogP contribution in [0.5, 0.6) is 0 Å². The van der Waals surface area contributed by atoms with E-state index in [0.717, 1.165) is 75.6 Å². The smallest absolute Gasteiger partial charge is 0.308 e. The zero-order valence-electron chi connectivity index (χ0n) is 18.4. The highest BCUT2D eigenvalue weighted by Crippen LogP contribution is 2.25. The van der Waals surface area contributed by atoms with Crippen LogP contribution in [0.15, 0.2) is 4.99 Å². The van der Waals surface area contributed by atoms with Gasteiger partial charge in [-0.3, -0.25) is 9.79 Å². The van der Waals surface area contributed by atoms with Gasteiger partial charge in [-0.15, -0.1) is 34.2 Å². The summed E-state index contributed by atoms with van der Waals surface area (Å²) in [4.78, 5) is 16.2. The molecule has 8 nitrogen and oxygen atoms in total. The SMILES string of the molecule is CCOC(=O)C1CCC(NC(=NC)NCCCc2nnc3n2CCCCC3)CC1.I. The summed E-state index contributed by atoms with van der Waals surface area (Å²) in [6, 6.07) is 0.360. The van der Waals surface area contributed by atoms with Crippen molar-refractivity contribution in [1.82, 2.24) is 25.4 Å². The van der Waals surface area contributed by atoms with Crippen molar-refractivity contribution in [2.75, 3.05) is 20.2 Å². The number of nitrogens with one attached hydrogen (secondary N) is 2. The molecule has 0 radical (unpaired) electrons. The maximum absolute atomic E-state index is 11.9. The van der Waals surface area contributed by atoms with E-state index in [0.29, 0.717) is 12.6 Å². The van der Waals surface area contributed by atoms with Crippen molar-refractivity contribution in [1.29, 1.82) is 0 Å². The van der Waals surface area contributed by atoms with Gasteiger partial charge in [-0.25, -0.2) is 0 Å². The number of aryl methyl sites for hydroxylation is 2. The molecule has 1 saturated carbocycles. The molecule has 9 heteroatoms. The normalized spacial score (nSPS) is 21.7. The Balaban J connectivity index is 0.00000320. The van der Waals surface area contributed by atoms with Gasteiger partial charge >= 0.3 is 5.97 Å². The number of fused-ring (bicyclic) bond motifs is 1. The molecule has 0 atom stereocenters. The van der Waals surface area contributed by atoms with Gasteiger partial charge in [-0.2, -0.15) is 0 Å². The summed E-state index contributed by atoms with van der Waals surface area (Å²) in [6.45, 7) is 4.23. The molecule has 0 saturated heterocycles. The molecule has 1 aliphatic carbocycles. The number of carbonyl (C=O) groups is 1. The number of nitrogens with zero attached hydrogens (tertiary/aromatic N) is 4. The van der Waals surface area contributed by atoms with Gasteiger partial charge in [0.05, 0.1) is 12.5 Å². The third-order valence-corrected chi connectivity index (χ3v) is 5.97. The molecule has 1 fully saturated rings. The standard InChI is InChI=1S/C21H36N6O2.HI/c1-3-29-20(28)16-10-12-17(13-11-16)24-21(22-2)23-14-7-9-19-26-25-18-8-5-4-6-15-27(18)19;/h16-17H,3-15H2,1-2H3,(H2,22,23,24);1H. The van der Waals surface area contributed by atoms with Crippen LogP contribution in [0.3, 0.4) is 0 Å². The number of hydrogen-bond donors (Lipinski definition) is 2. The number of rotatable bonds is 7. The number of hydrogen-bond acceptors (Lipinski definition) is 5. The van der Waals surface area contributed by atoms with Crippen molar-refractivity contribution in [3.63, 3.8) is 0 Å². The Labute approximate surface area is 197 Å². The van der Waals surface area contributed by atoms with E-state index >= 15 is 0 Å². The third kappa shape index (κ3) is 7.09. The molecule has 0 amide bonds. The van der Waals surface area contributed by atoms with Gasteiger partial charge in [-0.1, -0.05) is 6.42 Å². The van der Waals surface area contributed by atoms with Crippen molar-refractivity contribution in [3.8, 4) is 0 Å². The lowest BCUT2D eigenvalue weighted by Gasteiger charge is -2.29. The molecular weight excluding hydrogens is 495 g/mol. The summed E-state index contributed by atoms with van der Waals surface area (Å²) in [6.07, 6.45) is 10.4. The predicted molar refractivity (Wildman–Crippen MR) is 128 cm³/mol. The number of halogens is 1. The summed E-state index contributed by atoms with van der Waals surface area (Å²) < 4.78 is 7.47. The van der Waals surface area contributed by atoms with Crippen LogP contribution in [0.25, 0.3) is 0 Å². The molecule has 1 aliphatic heterocycles. The average molecular weight is 532 g/mol. The van der Waals surface area contributed by atoms with E-state index in [1.807, 2.05) is 6.92 Å². The molecular formula is C21H37IN6O2. The predicted octanol–water partition coefficient (Wildman–Crippen LogP) is 2.84. The quantitative estimate of drug-likeness (QED) is 0.185. The van der Waals surface area contributed by atoms with E-state index in [4.69, 9.17) is 4.74 Å². The van der Waals surface area contributed by atoms with Crippen molar-refractivity contribution < 1.29 is 9.53 Å². The van der Waals surface area contributed by atoms with E-state index in [1.165, 1.54) is 19.3 Å². The number of esters is 1. The molecule has 0 bridgehead atoms. The molecule has 1 aromatic heterocycles. The molecule has 30 heavy (non-hydrogen) atoms. The molecule has 170 valence electrons.